The standard InChI is InChI=1S/C15H22N2O3/c1-5-16-13-9-14(15(13,3)4)20-12-7-6-11(17(18)19)8-10(12)2/h6-8,13-14,16H,5,9H2,1-4H3. The third-order valence-electron chi connectivity index (χ3n) is 4.27. The third-order valence-corrected chi connectivity index (χ3v) is 4.27. The topological polar surface area (TPSA) is 64.4 Å². The van der Waals surface area contributed by atoms with Crippen LogP contribution in [0.5, 0.6) is 5.75 Å². The monoisotopic (exact) mass is 278 g/mol. The zero-order valence-corrected chi connectivity index (χ0v) is 12.5. The molecule has 1 N–H and O–H groups in total. The molecule has 2 unspecified atom stereocenters. The number of nitro groups is 1. The number of nitrogens with zero attached hydrogens (tertiary/aromatic N) is 1. The zero-order valence-electron chi connectivity index (χ0n) is 12.5. The van der Waals surface area contributed by atoms with Gasteiger partial charge in [-0.25, -0.2) is 0 Å². The second-order valence-electron chi connectivity index (χ2n) is 5.98. The molecule has 0 radical (unpaired) electrons. The average molecular weight is 278 g/mol. The molecule has 0 aromatic heterocycles. The molecule has 0 aliphatic heterocycles. The molecule has 110 valence electrons. The summed E-state index contributed by atoms with van der Waals surface area (Å²) in [6.45, 7) is 9.28. The summed E-state index contributed by atoms with van der Waals surface area (Å²) in [5.74, 6) is 0.739. The zero-order chi connectivity index (χ0) is 14.9. The molecule has 1 aromatic rings. The van der Waals surface area contributed by atoms with E-state index in [2.05, 4.69) is 26.1 Å². The summed E-state index contributed by atoms with van der Waals surface area (Å²) in [5.41, 5.74) is 0.986. The molecule has 1 aliphatic carbocycles. The van der Waals surface area contributed by atoms with Crippen molar-refractivity contribution in [2.75, 3.05) is 6.54 Å². The molecule has 1 aliphatic rings. The summed E-state index contributed by atoms with van der Waals surface area (Å²) in [7, 11) is 0. The van der Waals surface area contributed by atoms with E-state index in [1.165, 1.54) is 6.07 Å². The second-order valence-corrected chi connectivity index (χ2v) is 5.98. The predicted molar refractivity (Wildman–Crippen MR) is 78.1 cm³/mol. The Morgan fingerprint density at radius 1 is 1.50 bits per heavy atom. The van der Waals surface area contributed by atoms with Gasteiger partial charge in [-0.3, -0.25) is 10.1 Å². The Morgan fingerprint density at radius 2 is 2.20 bits per heavy atom. The average Bonchev–Trinajstić information content (AvgIpc) is 2.39. The lowest BCUT2D eigenvalue weighted by atomic mass is 9.64. The van der Waals surface area contributed by atoms with Gasteiger partial charge in [0, 0.05) is 30.0 Å². The van der Waals surface area contributed by atoms with Crippen molar-refractivity contribution in [2.24, 2.45) is 5.41 Å². The molecular weight excluding hydrogens is 256 g/mol. The van der Waals surface area contributed by atoms with Crippen molar-refractivity contribution in [1.29, 1.82) is 0 Å². The fraction of sp³-hybridized carbons (Fsp3) is 0.600. The predicted octanol–water partition coefficient (Wildman–Crippen LogP) is 3.06. The number of hydrogen-bond donors (Lipinski definition) is 1. The van der Waals surface area contributed by atoms with Gasteiger partial charge in [-0.1, -0.05) is 20.8 Å². The van der Waals surface area contributed by atoms with E-state index >= 15 is 0 Å². The van der Waals surface area contributed by atoms with E-state index in [-0.39, 0.29) is 22.1 Å². The van der Waals surface area contributed by atoms with Crippen molar-refractivity contribution in [2.45, 2.75) is 46.3 Å². The van der Waals surface area contributed by atoms with Crippen LogP contribution in [0.15, 0.2) is 18.2 Å². The minimum atomic E-state index is -0.384. The van der Waals surface area contributed by atoms with E-state index in [1.54, 1.807) is 12.1 Å². The highest BCUT2D eigenvalue weighted by molar-refractivity contribution is 5.43. The summed E-state index contributed by atoms with van der Waals surface area (Å²) in [6, 6.07) is 5.22. The summed E-state index contributed by atoms with van der Waals surface area (Å²) >= 11 is 0. The van der Waals surface area contributed by atoms with Gasteiger partial charge in [-0.05, 0) is 25.1 Å². The van der Waals surface area contributed by atoms with Gasteiger partial charge in [0.2, 0.25) is 0 Å². The first-order chi connectivity index (χ1) is 9.36. The largest absolute Gasteiger partial charge is 0.489 e. The Kier molecular flexibility index (Phi) is 3.99. The van der Waals surface area contributed by atoms with Crippen LogP contribution in [0.2, 0.25) is 0 Å². The van der Waals surface area contributed by atoms with Crippen molar-refractivity contribution in [3.63, 3.8) is 0 Å². The molecule has 1 aromatic carbocycles. The van der Waals surface area contributed by atoms with Gasteiger partial charge >= 0.3 is 0 Å². The summed E-state index contributed by atoms with van der Waals surface area (Å²) in [6.07, 6.45) is 1.11. The lowest BCUT2D eigenvalue weighted by Gasteiger charge is -2.51. The van der Waals surface area contributed by atoms with Crippen molar-refractivity contribution < 1.29 is 9.66 Å². The van der Waals surface area contributed by atoms with E-state index in [0.717, 1.165) is 24.3 Å². The minimum Gasteiger partial charge on any atom is -0.489 e. The molecule has 5 heteroatoms. The van der Waals surface area contributed by atoms with Crippen LogP contribution in [-0.4, -0.2) is 23.6 Å². The highest BCUT2D eigenvalue weighted by Crippen LogP contribution is 2.43. The summed E-state index contributed by atoms with van der Waals surface area (Å²) in [5, 5.41) is 14.2. The van der Waals surface area contributed by atoms with E-state index in [1.807, 2.05) is 6.92 Å². The Balaban J connectivity index is 2.07. The van der Waals surface area contributed by atoms with Crippen LogP contribution in [0.4, 0.5) is 5.69 Å². The number of nitro benzene ring substituents is 1. The molecule has 0 spiro atoms. The first kappa shape index (κ1) is 14.8. The Labute approximate surface area is 119 Å². The van der Waals surface area contributed by atoms with Crippen LogP contribution in [0, 0.1) is 22.5 Å². The molecular formula is C15H22N2O3. The molecule has 2 rings (SSSR count). The van der Waals surface area contributed by atoms with Crippen LogP contribution >= 0.6 is 0 Å². The van der Waals surface area contributed by atoms with Crippen LogP contribution in [-0.2, 0) is 0 Å². The van der Waals surface area contributed by atoms with Gasteiger partial charge in [0.15, 0.2) is 0 Å². The SMILES string of the molecule is CCNC1CC(Oc2ccc([N+](=O)[O-])cc2C)C1(C)C. The molecule has 0 heterocycles. The summed E-state index contributed by atoms with van der Waals surface area (Å²) in [4.78, 5) is 10.3. The highest BCUT2D eigenvalue weighted by atomic mass is 16.6. The fourth-order valence-corrected chi connectivity index (χ4v) is 2.71. The number of hydrogen-bond acceptors (Lipinski definition) is 4. The van der Waals surface area contributed by atoms with Gasteiger partial charge in [0.1, 0.15) is 11.9 Å². The number of rotatable bonds is 5. The van der Waals surface area contributed by atoms with E-state index in [9.17, 15) is 10.1 Å². The number of nitrogens with one attached hydrogen (secondary N) is 1. The molecule has 0 bridgehead atoms. The molecule has 0 saturated heterocycles. The van der Waals surface area contributed by atoms with Gasteiger partial charge in [0.05, 0.1) is 4.92 Å². The number of ether oxygens (including phenoxy) is 1. The summed E-state index contributed by atoms with van der Waals surface area (Å²) < 4.78 is 6.05. The maximum absolute atomic E-state index is 10.7. The van der Waals surface area contributed by atoms with Gasteiger partial charge in [-0.15, -0.1) is 0 Å². The Hall–Kier alpha value is -1.62. The molecule has 1 saturated carbocycles. The van der Waals surface area contributed by atoms with Crippen molar-refractivity contribution in [3.8, 4) is 5.75 Å². The van der Waals surface area contributed by atoms with Crippen LogP contribution in [0.25, 0.3) is 0 Å². The minimum absolute atomic E-state index is 0.0736. The van der Waals surface area contributed by atoms with Gasteiger partial charge < -0.3 is 10.1 Å². The number of aryl methyl sites for hydroxylation is 1. The van der Waals surface area contributed by atoms with Crippen molar-refractivity contribution >= 4 is 5.69 Å². The lowest BCUT2D eigenvalue weighted by Crippen LogP contribution is -2.62. The third kappa shape index (κ3) is 2.63. The van der Waals surface area contributed by atoms with Crippen molar-refractivity contribution in [1.82, 2.24) is 5.32 Å². The highest BCUT2D eigenvalue weighted by Gasteiger charge is 2.49. The van der Waals surface area contributed by atoms with Crippen LogP contribution in [0.1, 0.15) is 32.8 Å². The molecule has 1 fully saturated rings. The molecule has 2 atom stereocenters. The first-order valence-electron chi connectivity index (χ1n) is 7.01. The fourth-order valence-electron chi connectivity index (χ4n) is 2.71. The van der Waals surface area contributed by atoms with E-state index < -0.39 is 0 Å². The maximum Gasteiger partial charge on any atom is 0.269 e. The van der Waals surface area contributed by atoms with E-state index in [0.29, 0.717) is 6.04 Å². The lowest BCUT2D eigenvalue weighted by molar-refractivity contribution is -0.384. The molecule has 0 amide bonds. The molecule has 5 nitrogen and oxygen atoms in total. The van der Waals surface area contributed by atoms with Crippen LogP contribution in [0.3, 0.4) is 0 Å². The van der Waals surface area contributed by atoms with E-state index in [4.69, 9.17) is 4.74 Å². The maximum atomic E-state index is 10.7. The normalized spacial score (nSPS) is 24.0. The quantitative estimate of drug-likeness (QED) is 0.664. The Bertz CT molecular complexity index is 514. The first-order valence-corrected chi connectivity index (χ1v) is 7.01. The number of benzene rings is 1. The smallest absolute Gasteiger partial charge is 0.269 e. The number of non-ortho nitro benzene ring substituents is 1. The van der Waals surface area contributed by atoms with Crippen molar-refractivity contribution in [3.05, 3.63) is 33.9 Å². The Morgan fingerprint density at radius 3 is 2.70 bits per heavy atom. The second kappa shape index (κ2) is 5.40. The van der Waals surface area contributed by atoms with Gasteiger partial charge in [-0.2, -0.15) is 0 Å². The molecule has 20 heavy (non-hydrogen) atoms. The van der Waals surface area contributed by atoms with Gasteiger partial charge in [0.25, 0.3) is 5.69 Å². The van der Waals surface area contributed by atoms with Crippen LogP contribution < -0.4 is 10.1 Å².